The maximum atomic E-state index is 11.9. The molecule has 20 heavy (non-hydrogen) atoms. The summed E-state index contributed by atoms with van der Waals surface area (Å²) in [6.07, 6.45) is -0.319. The minimum atomic E-state index is -1.24. The zero-order valence-electron chi connectivity index (χ0n) is 11.7. The molecule has 0 saturated carbocycles. The van der Waals surface area contributed by atoms with E-state index in [9.17, 15) is 14.4 Å². The molecule has 0 aliphatic carbocycles. The summed E-state index contributed by atoms with van der Waals surface area (Å²) in [6.45, 7) is 3.54. The zero-order valence-corrected chi connectivity index (χ0v) is 11.7. The molecule has 2 atom stereocenters. The molecule has 112 valence electrons. The van der Waals surface area contributed by atoms with Crippen molar-refractivity contribution in [2.45, 2.75) is 38.8 Å². The van der Waals surface area contributed by atoms with Crippen LogP contribution in [0.1, 0.15) is 26.7 Å². The van der Waals surface area contributed by atoms with E-state index in [2.05, 4.69) is 10.1 Å². The molecule has 1 amide bonds. The van der Waals surface area contributed by atoms with Crippen LogP contribution in [0.15, 0.2) is 0 Å². The van der Waals surface area contributed by atoms with E-state index in [0.717, 1.165) is 0 Å². The molecule has 8 nitrogen and oxygen atoms in total. The number of hydrogen-bond donors (Lipinski definition) is 2. The number of ketones is 1. The van der Waals surface area contributed by atoms with Gasteiger partial charge in [0.25, 0.3) is 0 Å². The number of hydrogen-bond acceptors (Lipinski definition) is 4. The van der Waals surface area contributed by atoms with Gasteiger partial charge in [0.1, 0.15) is 12.1 Å². The molecule has 0 aromatic heterocycles. The van der Waals surface area contributed by atoms with E-state index in [1.54, 1.807) is 13.8 Å². The van der Waals surface area contributed by atoms with Gasteiger partial charge in [-0.25, -0.2) is 4.79 Å². The summed E-state index contributed by atoms with van der Waals surface area (Å²) in [4.78, 5) is 36.6. The Morgan fingerprint density at radius 2 is 2.00 bits per heavy atom. The van der Waals surface area contributed by atoms with Gasteiger partial charge in [-0.1, -0.05) is 13.8 Å². The molecule has 0 aromatic rings. The molecule has 0 unspecified atom stereocenters. The van der Waals surface area contributed by atoms with Crippen LogP contribution in [0.25, 0.3) is 5.53 Å². The van der Waals surface area contributed by atoms with Crippen LogP contribution >= 0.6 is 0 Å². The van der Waals surface area contributed by atoms with Gasteiger partial charge in [-0.15, -0.1) is 0 Å². The molecule has 0 radical (unpaired) electrons. The highest BCUT2D eigenvalue weighted by Crippen LogP contribution is 2.07. The number of aliphatic carboxylic acids is 1. The number of amides is 1. The quantitative estimate of drug-likeness (QED) is 0.346. The largest absolute Gasteiger partial charge is 0.480 e. The van der Waals surface area contributed by atoms with E-state index in [4.69, 9.17) is 15.4 Å². The molecule has 0 heterocycles. The van der Waals surface area contributed by atoms with Crippen molar-refractivity contribution in [1.29, 1.82) is 0 Å². The van der Waals surface area contributed by atoms with Crippen molar-refractivity contribution in [2.75, 3.05) is 7.11 Å². The normalized spacial score (nSPS) is 13.2. The number of Topliss-reactive ketones (excluding diaryl/α,β-unsaturated/α-hetero) is 1. The number of rotatable bonds is 9. The van der Waals surface area contributed by atoms with Crippen molar-refractivity contribution in [3.8, 4) is 0 Å². The van der Waals surface area contributed by atoms with Crippen LogP contribution in [0, 0.1) is 5.92 Å². The van der Waals surface area contributed by atoms with Crippen molar-refractivity contribution < 1.29 is 29.0 Å². The van der Waals surface area contributed by atoms with Crippen LogP contribution in [0.5, 0.6) is 0 Å². The number of methoxy groups -OCH3 is 1. The van der Waals surface area contributed by atoms with Gasteiger partial charge in [-0.2, -0.15) is 4.79 Å². The molecule has 0 saturated heterocycles. The van der Waals surface area contributed by atoms with Crippen LogP contribution in [0.4, 0.5) is 0 Å². The number of nitrogens with zero attached hydrogens (tertiary/aromatic N) is 2. The van der Waals surface area contributed by atoms with E-state index in [0.29, 0.717) is 6.21 Å². The molecule has 0 spiro atoms. The SMILES string of the molecule is CO[C@H](C(=O)N[C@@H](CCC(=O)C=[N+]=[N-])C(=O)O)C(C)C. The standard InChI is InChI=1S/C12H19N3O5/c1-7(2)10(20-3)11(17)15-9(12(18)19)5-4-8(16)6-14-13/h6-7,9-10H,4-5H2,1-3H3,(H,15,17)(H,18,19)/t9-,10-/m0/s1. The van der Waals surface area contributed by atoms with Crippen molar-refractivity contribution in [1.82, 2.24) is 5.32 Å². The Morgan fingerprint density at radius 1 is 1.40 bits per heavy atom. The molecule has 2 N–H and O–H groups in total. The van der Waals surface area contributed by atoms with E-state index in [1.165, 1.54) is 7.11 Å². The van der Waals surface area contributed by atoms with Crippen molar-refractivity contribution in [2.24, 2.45) is 5.92 Å². The van der Waals surface area contributed by atoms with Crippen LogP contribution in [-0.4, -0.2) is 53.0 Å². The lowest BCUT2D eigenvalue weighted by Crippen LogP contribution is -2.47. The third-order valence-electron chi connectivity index (χ3n) is 2.61. The summed E-state index contributed by atoms with van der Waals surface area (Å²) < 4.78 is 4.99. The predicted octanol–water partition coefficient (Wildman–Crippen LogP) is -0.123. The second kappa shape index (κ2) is 8.95. The van der Waals surface area contributed by atoms with Gasteiger partial charge in [0.2, 0.25) is 11.7 Å². The average Bonchev–Trinajstić information content (AvgIpc) is 2.34. The van der Waals surface area contributed by atoms with Gasteiger partial charge >= 0.3 is 12.2 Å². The minimum Gasteiger partial charge on any atom is -0.480 e. The first-order valence-electron chi connectivity index (χ1n) is 6.09. The maximum absolute atomic E-state index is 11.9. The molecular weight excluding hydrogens is 266 g/mol. The monoisotopic (exact) mass is 285 g/mol. The second-order valence-corrected chi connectivity index (χ2v) is 4.55. The molecule has 0 aliphatic rings. The van der Waals surface area contributed by atoms with Crippen LogP contribution < -0.4 is 5.32 Å². The Bertz CT molecular complexity index is 415. The summed E-state index contributed by atoms with van der Waals surface area (Å²) in [5, 5.41) is 11.3. The number of ether oxygens (including phenoxy) is 1. The molecule has 0 fully saturated rings. The predicted molar refractivity (Wildman–Crippen MR) is 69.1 cm³/mol. The third kappa shape index (κ3) is 6.21. The van der Waals surface area contributed by atoms with Gasteiger partial charge < -0.3 is 20.7 Å². The lowest BCUT2D eigenvalue weighted by molar-refractivity contribution is -0.145. The number of nitrogens with one attached hydrogen (secondary N) is 1. The lowest BCUT2D eigenvalue weighted by atomic mass is 10.0. The van der Waals surface area contributed by atoms with Crippen molar-refractivity contribution in [3.05, 3.63) is 5.53 Å². The Kier molecular flexibility index (Phi) is 8.03. The Balaban J connectivity index is 4.62. The van der Waals surface area contributed by atoms with E-state index < -0.39 is 29.8 Å². The van der Waals surface area contributed by atoms with E-state index in [-0.39, 0.29) is 18.8 Å². The number of carboxylic acid groups (broad SMARTS) is 1. The summed E-state index contributed by atoms with van der Waals surface area (Å²) in [7, 11) is 1.36. The number of carbonyl (C=O) groups is 3. The first kappa shape index (κ1) is 17.9. The summed E-state index contributed by atoms with van der Waals surface area (Å²) in [5.41, 5.74) is 8.17. The fourth-order valence-corrected chi connectivity index (χ4v) is 1.61. The van der Waals surface area contributed by atoms with Gasteiger partial charge in [-0.3, -0.25) is 9.59 Å². The van der Waals surface area contributed by atoms with Crippen LogP contribution in [0.3, 0.4) is 0 Å². The number of carbonyl (C=O) groups excluding carboxylic acids is 2. The Hall–Kier alpha value is -2.05. The van der Waals surface area contributed by atoms with Gasteiger partial charge in [-0.05, 0) is 12.3 Å². The maximum Gasteiger partial charge on any atom is 0.326 e. The second-order valence-electron chi connectivity index (χ2n) is 4.55. The molecule has 8 heteroatoms. The van der Waals surface area contributed by atoms with Crippen molar-refractivity contribution >= 4 is 23.9 Å². The first-order chi connectivity index (χ1) is 9.33. The highest BCUT2D eigenvalue weighted by atomic mass is 16.5. The minimum absolute atomic E-state index is 0.0968. The Labute approximate surface area is 116 Å². The number of carboxylic acids is 1. The smallest absolute Gasteiger partial charge is 0.326 e. The highest BCUT2D eigenvalue weighted by molar-refractivity contribution is 6.25. The fourth-order valence-electron chi connectivity index (χ4n) is 1.61. The molecule has 0 aliphatic heterocycles. The van der Waals surface area contributed by atoms with Crippen LogP contribution in [0.2, 0.25) is 0 Å². The van der Waals surface area contributed by atoms with Gasteiger partial charge in [0.05, 0.1) is 0 Å². The fraction of sp³-hybridized carbons (Fsp3) is 0.667. The summed E-state index contributed by atoms with van der Waals surface area (Å²) in [5.74, 6) is -2.43. The first-order valence-corrected chi connectivity index (χ1v) is 6.09. The highest BCUT2D eigenvalue weighted by Gasteiger charge is 2.27. The molecule has 0 bridgehead atoms. The molecule has 0 rings (SSSR count). The van der Waals surface area contributed by atoms with Crippen LogP contribution in [-0.2, 0) is 19.1 Å². The molecule has 0 aromatic carbocycles. The molecular formula is C12H19N3O5. The Morgan fingerprint density at radius 3 is 2.40 bits per heavy atom. The lowest BCUT2D eigenvalue weighted by Gasteiger charge is -2.21. The average molecular weight is 285 g/mol. The van der Waals surface area contributed by atoms with E-state index >= 15 is 0 Å². The van der Waals surface area contributed by atoms with Gasteiger partial charge in [0, 0.05) is 13.5 Å². The topological polar surface area (TPSA) is 129 Å². The summed E-state index contributed by atoms with van der Waals surface area (Å²) >= 11 is 0. The van der Waals surface area contributed by atoms with Gasteiger partial charge in [0.15, 0.2) is 0 Å². The van der Waals surface area contributed by atoms with E-state index in [1.807, 2.05) is 0 Å². The zero-order chi connectivity index (χ0) is 15.7. The summed E-state index contributed by atoms with van der Waals surface area (Å²) in [6, 6.07) is -1.20. The third-order valence-corrected chi connectivity index (χ3v) is 2.61. The van der Waals surface area contributed by atoms with Crippen molar-refractivity contribution in [3.63, 3.8) is 0 Å².